The van der Waals surface area contributed by atoms with E-state index in [2.05, 4.69) is 36.6 Å². The van der Waals surface area contributed by atoms with Crippen molar-refractivity contribution in [2.45, 2.75) is 20.0 Å². The zero-order chi connectivity index (χ0) is 10.7. The Kier molecular flexibility index (Phi) is 4.31. The predicted octanol–water partition coefficient (Wildman–Crippen LogP) is 4.38. The van der Waals surface area contributed by atoms with E-state index in [1.165, 1.54) is 6.07 Å². The highest BCUT2D eigenvalue weighted by Gasteiger charge is 2.12. The second-order valence-electron chi connectivity index (χ2n) is 2.57. The highest BCUT2D eigenvalue weighted by molar-refractivity contribution is 9.13. The number of benzene rings is 1. The molecule has 0 bridgehead atoms. The quantitative estimate of drug-likeness (QED) is 0.799. The first-order valence-corrected chi connectivity index (χ1v) is 5.56. The summed E-state index contributed by atoms with van der Waals surface area (Å²) < 4.78 is 30.0. The Labute approximate surface area is 97.7 Å². The van der Waals surface area contributed by atoms with Gasteiger partial charge in [0.2, 0.25) is 0 Å². The molecule has 1 aromatic rings. The second-order valence-corrected chi connectivity index (χ2v) is 4.22. The summed E-state index contributed by atoms with van der Waals surface area (Å²) >= 11 is 6.61. The van der Waals surface area contributed by atoms with E-state index in [9.17, 15) is 8.78 Å². The summed E-state index contributed by atoms with van der Waals surface area (Å²) in [6, 6.07) is 3.20. The first-order valence-electron chi connectivity index (χ1n) is 3.98. The van der Waals surface area contributed by atoms with E-state index in [0.29, 0.717) is 6.42 Å². The van der Waals surface area contributed by atoms with E-state index >= 15 is 0 Å². The van der Waals surface area contributed by atoms with Crippen molar-refractivity contribution >= 4 is 31.9 Å². The molecule has 1 rings (SSSR count). The molecule has 0 aromatic heterocycles. The summed E-state index contributed by atoms with van der Waals surface area (Å²) in [6.07, 6.45) is 0.627. The van der Waals surface area contributed by atoms with E-state index < -0.39 is 6.61 Å². The van der Waals surface area contributed by atoms with Crippen molar-refractivity contribution < 1.29 is 13.5 Å². The van der Waals surface area contributed by atoms with E-state index in [1.54, 1.807) is 6.07 Å². The molecule has 0 atom stereocenters. The minimum Gasteiger partial charge on any atom is -0.435 e. The summed E-state index contributed by atoms with van der Waals surface area (Å²) in [6.45, 7) is -0.904. The fourth-order valence-corrected chi connectivity index (χ4v) is 2.09. The molecule has 1 aromatic carbocycles. The monoisotopic (exact) mass is 328 g/mol. The lowest BCUT2D eigenvalue weighted by Gasteiger charge is -2.11. The minimum atomic E-state index is -2.78. The lowest BCUT2D eigenvalue weighted by atomic mass is 10.1. The molecule has 0 aliphatic heterocycles. The van der Waals surface area contributed by atoms with Crippen molar-refractivity contribution in [3.63, 3.8) is 0 Å². The third-order valence-corrected chi connectivity index (χ3v) is 3.82. The Balaban J connectivity index is 3.10. The highest BCUT2D eigenvalue weighted by Crippen LogP contribution is 2.34. The van der Waals surface area contributed by atoms with Crippen LogP contribution in [0.3, 0.4) is 0 Å². The maximum atomic E-state index is 12.0. The van der Waals surface area contributed by atoms with Crippen LogP contribution in [0, 0.1) is 0 Å². The van der Waals surface area contributed by atoms with Gasteiger partial charge in [-0.2, -0.15) is 8.78 Å². The topological polar surface area (TPSA) is 9.23 Å². The Hall–Kier alpha value is -0.160. The lowest BCUT2D eigenvalue weighted by molar-refractivity contribution is -0.0504. The average Bonchev–Trinajstić information content (AvgIpc) is 2.11. The summed E-state index contributed by atoms with van der Waals surface area (Å²) in [5.74, 6) is 0.220. The fraction of sp³-hybridized carbons (Fsp3) is 0.333. The Morgan fingerprint density at radius 3 is 2.50 bits per heavy atom. The van der Waals surface area contributed by atoms with Crippen LogP contribution >= 0.6 is 31.9 Å². The maximum Gasteiger partial charge on any atom is 0.387 e. The molecule has 0 radical (unpaired) electrons. The Morgan fingerprint density at radius 2 is 2.00 bits per heavy atom. The second kappa shape index (κ2) is 5.07. The minimum absolute atomic E-state index is 0.220. The van der Waals surface area contributed by atoms with Gasteiger partial charge in [0.15, 0.2) is 0 Å². The van der Waals surface area contributed by atoms with Gasteiger partial charge >= 0.3 is 6.61 Å². The van der Waals surface area contributed by atoms with Crippen LogP contribution in [-0.4, -0.2) is 6.61 Å². The normalized spacial score (nSPS) is 10.7. The Bertz CT molecular complexity index is 329. The highest BCUT2D eigenvalue weighted by atomic mass is 79.9. The first kappa shape index (κ1) is 11.9. The molecular weight excluding hydrogens is 322 g/mol. The van der Waals surface area contributed by atoms with Crippen molar-refractivity contribution in [1.29, 1.82) is 0 Å². The summed E-state index contributed by atoms with van der Waals surface area (Å²) in [5.41, 5.74) is 0.736. The van der Waals surface area contributed by atoms with Gasteiger partial charge in [0.25, 0.3) is 0 Å². The molecule has 0 saturated heterocycles. The standard InChI is InChI=1S/C9H8Br2F2O/c1-2-5-7(14-9(12)13)4-3-6(10)8(5)11/h3-4,9H,2H2,1H3. The molecule has 5 heteroatoms. The van der Waals surface area contributed by atoms with Gasteiger partial charge in [-0.05, 0) is 50.4 Å². The van der Waals surface area contributed by atoms with Crippen molar-refractivity contribution in [3.05, 3.63) is 26.6 Å². The summed E-state index contributed by atoms with van der Waals surface area (Å²) in [4.78, 5) is 0. The van der Waals surface area contributed by atoms with Gasteiger partial charge in [-0.1, -0.05) is 6.92 Å². The van der Waals surface area contributed by atoms with Crippen LogP contribution in [0.2, 0.25) is 0 Å². The van der Waals surface area contributed by atoms with Gasteiger partial charge in [0.1, 0.15) is 5.75 Å². The van der Waals surface area contributed by atoms with Crippen LogP contribution in [0.25, 0.3) is 0 Å². The SMILES string of the molecule is CCc1c(OC(F)F)ccc(Br)c1Br. The van der Waals surface area contributed by atoms with E-state index in [1.807, 2.05) is 6.92 Å². The smallest absolute Gasteiger partial charge is 0.387 e. The molecule has 0 spiro atoms. The molecule has 78 valence electrons. The molecule has 0 amide bonds. The zero-order valence-electron chi connectivity index (χ0n) is 7.36. The fourth-order valence-electron chi connectivity index (χ4n) is 1.11. The number of hydrogen-bond acceptors (Lipinski definition) is 1. The first-order chi connectivity index (χ1) is 6.56. The van der Waals surface area contributed by atoms with Gasteiger partial charge in [0, 0.05) is 14.5 Å². The number of rotatable bonds is 3. The zero-order valence-corrected chi connectivity index (χ0v) is 10.5. The van der Waals surface area contributed by atoms with Crippen LogP contribution in [0.1, 0.15) is 12.5 Å². The van der Waals surface area contributed by atoms with Crippen LogP contribution in [0.4, 0.5) is 8.78 Å². The van der Waals surface area contributed by atoms with E-state index in [-0.39, 0.29) is 5.75 Å². The van der Waals surface area contributed by atoms with Gasteiger partial charge < -0.3 is 4.74 Å². The molecule has 0 fully saturated rings. The number of halogens is 4. The van der Waals surface area contributed by atoms with Crippen molar-refractivity contribution in [2.24, 2.45) is 0 Å². The molecule has 0 heterocycles. The van der Waals surface area contributed by atoms with E-state index in [4.69, 9.17) is 0 Å². The molecule has 0 aliphatic carbocycles. The number of alkyl halides is 2. The molecule has 0 aliphatic rings. The predicted molar refractivity (Wildman–Crippen MR) is 57.9 cm³/mol. The lowest BCUT2D eigenvalue weighted by Crippen LogP contribution is -2.04. The molecule has 14 heavy (non-hydrogen) atoms. The molecule has 0 unspecified atom stereocenters. The molecule has 0 N–H and O–H groups in total. The summed E-state index contributed by atoms with van der Waals surface area (Å²) in [7, 11) is 0. The van der Waals surface area contributed by atoms with Crippen LogP contribution < -0.4 is 4.74 Å². The largest absolute Gasteiger partial charge is 0.435 e. The molecule has 1 nitrogen and oxygen atoms in total. The third-order valence-electron chi connectivity index (χ3n) is 1.72. The van der Waals surface area contributed by atoms with Crippen LogP contribution in [0.15, 0.2) is 21.1 Å². The van der Waals surface area contributed by atoms with Crippen LogP contribution in [-0.2, 0) is 6.42 Å². The van der Waals surface area contributed by atoms with E-state index in [0.717, 1.165) is 14.5 Å². The van der Waals surface area contributed by atoms with Crippen LogP contribution in [0.5, 0.6) is 5.75 Å². The van der Waals surface area contributed by atoms with Crippen molar-refractivity contribution in [2.75, 3.05) is 0 Å². The molecule has 0 saturated carbocycles. The summed E-state index contributed by atoms with van der Waals surface area (Å²) in [5, 5.41) is 0. The number of ether oxygens (including phenoxy) is 1. The van der Waals surface area contributed by atoms with Gasteiger partial charge in [0.05, 0.1) is 0 Å². The number of hydrogen-bond donors (Lipinski definition) is 0. The van der Waals surface area contributed by atoms with Gasteiger partial charge in [-0.3, -0.25) is 0 Å². The van der Waals surface area contributed by atoms with Crippen molar-refractivity contribution in [3.8, 4) is 5.75 Å². The maximum absolute atomic E-state index is 12.0. The van der Waals surface area contributed by atoms with Gasteiger partial charge in [-0.25, -0.2) is 0 Å². The average molecular weight is 330 g/mol. The Morgan fingerprint density at radius 1 is 1.36 bits per heavy atom. The molecular formula is C9H8Br2F2O. The van der Waals surface area contributed by atoms with Gasteiger partial charge in [-0.15, -0.1) is 0 Å². The third kappa shape index (κ3) is 2.67. The van der Waals surface area contributed by atoms with Crippen molar-refractivity contribution in [1.82, 2.24) is 0 Å².